The molecule has 1 aromatic rings. The van der Waals surface area contributed by atoms with Gasteiger partial charge in [-0.1, -0.05) is 6.92 Å². The third-order valence-electron chi connectivity index (χ3n) is 2.26. The molecule has 0 N–H and O–H groups in total. The number of carbonyl (C=O) groups excluding carboxylic acids is 1. The average molecular weight is 226 g/mol. The summed E-state index contributed by atoms with van der Waals surface area (Å²) in [5.41, 5.74) is 0.543. The molecule has 1 heterocycles. The second-order valence-corrected chi connectivity index (χ2v) is 3.45. The van der Waals surface area contributed by atoms with Crippen molar-refractivity contribution in [1.29, 1.82) is 0 Å². The average Bonchev–Trinajstić information content (AvgIpc) is 2.69. The Morgan fingerprint density at radius 2 is 2.25 bits per heavy atom. The molecule has 0 atom stereocenters. The number of ketones is 1. The minimum atomic E-state index is 0.00431. The van der Waals surface area contributed by atoms with Crippen molar-refractivity contribution in [3.63, 3.8) is 0 Å². The van der Waals surface area contributed by atoms with Gasteiger partial charge in [0.2, 0.25) is 0 Å². The maximum Gasteiger partial charge on any atom is 0.186 e. The molecule has 0 radical (unpaired) electrons. The van der Waals surface area contributed by atoms with Crippen LogP contribution in [-0.4, -0.2) is 36.4 Å². The molecule has 0 spiro atoms. The van der Waals surface area contributed by atoms with Crippen LogP contribution in [0.1, 0.15) is 30.3 Å². The van der Waals surface area contributed by atoms with Gasteiger partial charge in [0.15, 0.2) is 11.5 Å². The van der Waals surface area contributed by atoms with Gasteiger partial charge in [0.1, 0.15) is 5.69 Å². The Morgan fingerprint density at radius 3 is 2.81 bits per heavy atom. The minimum absolute atomic E-state index is 0.00431. The fourth-order valence-electron chi connectivity index (χ4n) is 1.49. The van der Waals surface area contributed by atoms with Crippen molar-refractivity contribution >= 4 is 5.78 Å². The van der Waals surface area contributed by atoms with Crippen molar-refractivity contribution in [1.82, 2.24) is 9.78 Å². The van der Waals surface area contributed by atoms with E-state index in [0.717, 1.165) is 13.0 Å². The van der Waals surface area contributed by atoms with Gasteiger partial charge in [0.05, 0.1) is 19.9 Å². The van der Waals surface area contributed by atoms with Gasteiger partial charge in [-0.05, 0) is 6.42 Å². The summed E-state index contributed by atoms with van der Waals surface area (Å²) in [6.45, 7) is 3.17. The van der Waals surface area contributed by atoms with E-state index < -0.39 is 0 Å². The number of carbonyl (C=O) groups is 1. The van der Waals surface area contributed by atoms with Gasteiger partial charge in [0.25, 0.3) is 0 Å². The van der Waals surface area contributed by atoms with Gasteiger partial charge in [-0.3, -0.25) is 9.48 Å². The summed E-state index contributed by atoms with van der Waals surface area (Å²) in [5, 5.41) is 4.14. The van der Waals surface area contributed by atoms with Crippen LogP contribution in [0.4, 0.5) is 0 Å². The Kier molecular flexibility index (Phi) is 4.98. The lowest BCUT2D eigenvalue weighted by molar-refractivity contribution is 0.0918. The van der Waals surface area contributed by atoms with Crippen LogP contribution in [0.25, 0.3) is 0 Å². The first-order valence-electron chi connectivity index (χ1n) is 5.36. The number of ether oxygens (including phenoxy) is 2. The molecule has 0 saturated carbocycles. The van der Waals surface area contributed by atoms with Crippen molar-refractivity contribution in [3.05, 3.63) is 11.9 Å². The lowest BCUT2D eigenvalue weighted by Gasteiger charge is -2.06. The molecule has 0 saturated heterocycles. The van der Waals surface area contributed by atoms with Crippen molar-refractivity contribution < 1.29 is 14.3 Å². The van der Waals surface area contributed by atoms with Crippen LogP contribution in [0.2, 0.25) is 0 Å². The Bertz CT molecular complexity index is 347. The molecule has 0 fully saturated rings. The lowest BCUT2D eigenvalue weighted by atomic mass is 10.2. The van der Waals surface area contributed by atoms with E-state index in [1.54, 1.807) is 25.1 Å². The van der Waals surface area contributed by atoms with E-state index in [-0.39, 0.29) is 5.78 Å². The number of hydrogen-bond donors (Lipinski definition) is 0. The molecule has 90 valence electrons. The number of methoxy groups -OCH3 is 2. The summed E-state index contributed by atoms with van der Waals surface area (Å²) < 4.78 is 11.7. The number of nitrogens with zero attached hydrogens (tertiary/aromatic N) is 2. The molecule has 1 rings (SSSR count). The number of aryl methyl sites for hydroxylation is 1. The molecular weight excluding hydrogens is 208 g/mol. The van der Waals surface area contributed by atoms with Crippen molar-refractivity contribution in [2.45, 2.75) is 26.3 Å². The van der Waals surface area contributed by atoms with E-state index in [9.17, 15) is 4.79 Å². The maximum absolute atomic E-state index is 11.9. The van der Waals surface area contributed by atoms with Gasteiger partial charge < -0.3 is 9.47 Å². The van der Waals surface area contributed by atoms with Crippen LogP contribution in [-0.2, 0) is 11.3 Å². The predicted octanol–water partition coefficient (Wildman–Crippen LogP) is 1.52. The maximum atomic E-state index is 11.9. The summed E-state index contributed by atoms with van der Waals surface area (Å²) in [7, 11) is 3.12. The monoisotopic (exact) mass is 226 g/mol. The fourth-order valence-corrected chi connectivity index (χ4v) is 1.49. The van der Waals surface area contributed by atoms with E-state index in [2.05, 4.69) is 5.10 Å². The molecule has 1 aromatic heterocycles. The van der Waals surface area contributed by atoms with Crippen molar-refractivity contribution in [3.8, 4) is 5.75 Å². The fraction of sp³-hybridized carbons (Fsp3) is 0.636. The molecule has 0 aliphatic carbocycles. The molecule has 5 nitrogen and oxygen atoms in total. The van der Waals surface area contributed by atoms with Crippen LogP contribution in [0, 0.1) is 0 Å². The van der Waals surface area contributed by atoms with E-state index >= 15 is 0 Å². The highest BCUT2D eigenvalue weighted by Crippen LogP contribution is 2.19. The second kappa shape index (κ2) is 6.27. The minimum Gasteiger partial charge on any atom is -0.493 e. The van der Waals surface area contributed by atoms with Crippen LogP contribution in [0.3, 0.4) is 0 Å². The van der Waals surface area contributed by atoms with Gasteiger partial charge >= 0.3 is 0 Å². The zero-order chi connectivity index (χ0) is 12.0. The number of Topliss-reactive ketones (excluding diaryl/α,β-unsaturated/α-hetero) is 1. The summed E-state index contributed by atoms with van der Waals surface area (Å²) in [6.07, 6.45) is 2.85. The zero-order valence-corrected chi connectivity index (χ0v) is 10.0. The molecule has 0 aromatic carbocycles. The standard InChI is InChI=1S/C11H18N2O3/c1-4-6-13-11(9(14)5-7-15-2)10(16-3)8-12-13/h8H,4-7H2,1-3H3. The van der Waals surface area contributed by atoms with E-state index in [0.29, 0.717) is 24.5 Å². The first kappa shape index (κ1) is 12.7. The highest BCUT2D eigenvalue weighted by atomic mass is 16.5. The molecular formula is C11H18N2O3. The summed E-state index contributed by atoms with van der Waals surface area (Å²) in [4.78, 5) is 11.9. The SMILES string of the molecule is CCCn1ncc(OC)c1C(=O)CCOC. The van der Waals surface area contributed by atoms with Gasteiger partial charge in [-0.2, -0.15) is 5.10 Å². The first-order chi connectivity index (χ1) is 7.74. The van der Waals surface area contributed by atoms with E-state index in [1.807, 2.05) is 6.92 Å². The summed E-state index contributed by atoms with van der Waals surface area (Å²) in [5.74, 6) is 0.541. The third kappa shape index (κ3) is 2.82. The van der Waals surface area contributed by atoms with Crippen molar-refractivity contribution in [2.75, 3.05) is 20.8 Å². The Balaban J connectivity index is 2.88. The molecule has 0 unspecified atom stereocenters. The quantitative estimate of drug-likeness (QED) is 0.661. The molecule has 0 aliphatic rings. The topological polar surface area (TPSA) is 53.4 Å². The molecule has 0 bridgehead atoms. The first-order valence-corrected chi connectivity index (χ1v) is 5.36. The normalized spacial score (nSPS) is 10.4. The third-order valence-corrected chi connectivity index (χ3v) is 2.26. The van der Waals surface area contributed by atoms with E-state index in [4.69, 9.17) is 9.47 Å². The molecule has 0 aliphatic heterocycles. The Morgan fingerprint density at radius 1 is 1.50 bits per heavy atom. The lowest BCUT2D eigenvalue weighted by Crippen LogP contribution is -2.13. The number of rotatable bonds is 7. The largest absolute Gasteiger partial charge is 0.493 e. The summed E-state index contributed by atoms with van der Waals surface area (Å²) in [6, 6.07) is 0. The Hall–Kier alpha value is -1.36. The van der Waals surface area contributed by atoms with Crippen LogP contribution in [0.5, 0.6) is 5.75 Å². The van der Waals surface area contributed by atoms with Crippen molar-refractivity contribution in [2.24, 2.45) is 0 Å². The number of hydrogen-bond acceptors (Lipinski definition) is 4. The Labute approximate surface area is 95.3 Å². The predicted molar refractivity (Wildman–Crippen MR) is 59.9 cm³/mol. The molecule has 0 amide bonds. The zero-order valence-electron chi connectivity index (χ0n) is 10.0. The van der Waals surface area contributed by atoms with Gasteiger partial charge in [0, 0.05) is 20.1 Å². The van der Waals surface area contributed by atoms with Crippen LogP contribution >= 0.6 is 0 Å². The highest BCUT2D eigenvalue weighted by Gasteiger charge is 2.18. The highest BCUT2D eigenvalue weighted by molar-refractivity contribution is 5.97. The second-order valence-electron chi connectivity index (χ2n) is 3.45. The van der Waals surface area contributed by atoms with Gasteiger partial charge in [-0.25, -0.2) is 0 Å². The number of aromatic nitrogens is 2. The van der Waals surface area contributed by atoms with Gasteiger partial charge in [-0.15, -0.1) is 0 Å². The smallest absolute Gasteiger partial charge is 0.186 e. The van der Waals surface area contributed by atoms with Crippen LogP contribution in [0.15, 0.2) is 6.20 Å². The summed E-state index contributed by atoms with van der Waals surface area (Å²) >= 11 is 0. The molecule has 16 heavy (non-hydrogen) atoms. The van der Waals surface area contributed by atoms with Crippen LogP contribution < -0.4 is 4.74 Å². The van der Waals surface area contributed by atoms with E-state index in [1.165, 1.54) is 0 Å². The molecule has 5 heteroatoms.